The Labute approximate surface area is 279 Å². The zero-order valence-electron chi connectivity index (χ0n) is 24.8. The molecule has 0 saturated heterocycles. The van der Waals surface area contributed by atoms with Gasteiger partial charge >= 0.3 is 0 Å². The summed E-state index contributed by atoms with van der Waals surface area (Å²) in [5.41, 5.74) is 9.30. The van der Waals surface area contributed by atoms with Crippen LogP contribution in [0.1, 0.15) is 0 Å². The van der Waals surface area contributed by atoms with Crippen molar-refractivity contribution in [3.8, 4) is 16.8 Å². The smallest absolute Gasteiger partial charge is 0.0555 e. The molecule has 2 heterocycles. The second-order valence-corrected chi connectivity index (χ2v) is 13.5. The van der Waals surface area contributed by atoms with Gasteiger partial charge in [0.05, 0.1) is 11.0 Å². The number of para-hydroxylation sites is 2. The van der Waals surface area contributed by atoms with Gasteiger partial charge in [-0.1, -0.05) is 101 Å². The molecule has 0 atom stereocenters. The Kier molecular flexibility index (Phi) is 6.51. The van der Waals surface area contributed by atoms with Crippen LogP contribution in [0.5, 0.6) is 0 Å². The van der Waals surface area contributed by atoms with E-state index < -0.39 is 0 Å². The second-order valence-electron chi connectivity index (χ2n) is 11.5. The molecule has 0 amide bonds. The number of benzene rings is 7. The Balaban J connectivity index is 1.28. The van der Waals surface area contributed by atoms with Crippen molar-refractivity contribution in [1.29, 1.82) is 0 Å². The molecule has 0 saturated carbocycles. The normalized spacial score (nSPS) is 11.6. The number of anilines is 3. The van der Waals surface area contributed by atoms with E-state index in [0.717, 1.165) is 21.5 Å². The minimum absolute atomic E-state index is 1.09. The number of fused-ring (bicyclic) bond motifs is 6. The van der Waals surface area contributed by atoms with E-state index in [4.69, 9.17) is 0 Å². The van der Waals surface area contributed by atoms with Crippen molar-refractivity contribution in [1.82, 2.24) is 4.57 Å². The minimum atomic E-state index is 1.09. The lowest BCUT2D eigenvalue weighted by molar-refractivity contribution is 1.18. The first-order valence-electron chi connectivity index (χ1n) is 15.4. The lowest BCUT2D eigenvalue weighted by Crippen LogP contribution is -2.09. The molecule has 0 aliphatic heterocycles. The molecule has 4 heteroatoms. The SMILES string of the molecule is Brc1ccccc1-c1ccc(N(c2ccccc2)c2ccc3c(c2)c2cc4c(cc2n3-c2ccccc2)sc2ccccc24)cc1. The standard InChI is InChI=1S/C42H27BrN2S/c43-38-17-9-7-15-33(38)28-19-21-31(22-20-28)44(29-11-3-1-4-12-29)32-23-24-39-35(25-32)36-26-37-34-16-8-10-18-41(34)46-42(37)27-40(36)45(39)30-13-5-2-6-14-30/h1-27H. The van der Waals surface area contributed by atoms with Crippen molar-refractivity contribution in [2.45, 2.75) is 0 Å². The van der Waals surface area contributed by atoms with E-state index in [1.165, 1.54) is 58.8 Å². The highest BCUT2D eigenvalue weighted by molar-refractivity contribution is 9.10. The number of thiophene rings is 1. The quantitative estimate of drug-likeness (QED) is 0.177. The van der Waals surface area contributed by atoms with Gasteiger partial charge in [-0.05, 0) is 90.0 Å². The van der Waals surface area contributed by atoms with Gasteiger partial charge < -0.3 is 9.47 Å². The second kappa shape index (κ2) is 11.0. The van der Waals surface area contributed by atoms with Crippen LogP contribution in [0.4, 0.5) is 17.1 Å². The van der Waals surface area contributed by atoms with Crippen molar-refractivity contribution in [2.24, 2.45) is 0 Å². The largest absolute Gasteiger partial charge is 0.310 e. The summed E-state index contributed by atoms with van der Waals surface area (Å²) in [6.45, 7) is 0. The molecule has 2 aromatic heterocycles. The molecule has 0 fully saturated rings. The fourth-order valence-corrected chi connectivity index (χ4v) is 8.36. The Morgan fingerprint density at radius 2 is 1.11 bits per heavy atom. The molecule has 0 aliphatic rings. The van der Waals surface area contributed by atoms with Crippen LogP contribution in [-0.4, -0.2) is 4.57 Å². The Bertz CT molecular complexity index is 2530. The van der Waals surface area contributed by atoms with Crippen LogP contribution in [0.25, 0.3) is 58.8 Å². The summed E-state index contributed by atoms with van der Waals surface area (Å²) >= 11 is 5.60. The van der Waals surface area contributed by atoms with Crippen LogP contribution in [0, 0.1) is 0 Å². The third-order valence-corrected chi connectivity index (χ3v) is 10.7. The highest BCUT2D eigenvalue weighted by atomic mass is 79.9. The van der Waals surface area contributed by atoms with Crippen LogP contribution < -0.4 is 4.90 Å². The number of nitrogens with zero attached hydrogens (tertiary/aromatic N) is 2. The van der Waals surface area contributed by atoms with Gasteiger partial charge in [0.2, 0.25) is 0 Å². The van der Waals surface area contributed by atoms with E-state index in [2.05, 4.69) is 189 Å². The summed E-state index contributed by atoms with van der Waals surface area (Å²) in [6, 6.07) is 59.1. The van der Waals surface area contributed by atoms with Crippen LogP contribution in [0.3, 0.4) is 0 Å². The summed E-state index contributed by atoms with van der Waals surface area (Å²) in [7, 11) is 0. The summed E-state index contributed by atoms with van der Waals surface area (Å²) in [5, 5.41) is 5.12. The van der Waals surface area contributed by atoms with E-state index in [1.54, 1.807) is 0 Å². The summed E-state index contributed by atoms with van der Waals surface area (Å²) in [4.78, 5) is 2.35. The molecule has 0 N–H and O–H groups in total. The molecule has 7 aromatic carbocycles. The van der Waals surface area contributed by atoms with E-state index >= 15 is 0 Å². The lowest BCUT2D eigenvalue weighted by Gasteiger charge is -2.26. The average molecular weight is 672 g/mol. The van der Waals surface area contributed by atoms with E-state index in [-0.39, 0.29) is 0 Å². The fraction of sp³-hybridized carbons (Fsp3) is 0. The molecule has 2 nitrogen and oxygen atoms in total. The summed E-state index contributed by atoms with van der Waals surface area (Å²) < 4.78 is 6.14. The number of aromatic nitrogens is 1. The first-order chi connectivity index (χ1) is 22.7. The van der Waals surface area contributed by atoms with Crippen molar-refractivity contribution in [2.75, 3.05) is 4.90 Å². The molecule has 9 rings (SSSR count). The summed E-state index contributed by atoms with van der Waals surface area (Å²) in [5.74, 6) is 0. The van der Waals surface area contributed by atoms with Crippen LogP contribution in [0.2, 0.25) is 0 Å². The van der Waals surface area contributed by atoms with Gasteiger partial charge in [-0.15, -0.1) is 11.3 Å². The molecule has 46 heavy (non-hydrogen) atoms. The highest BCUT2D eigenvalue weighted by Gasteiger charge is 2.19. The predicted octanol–water partition coefficient (Wildman–Crippen LogP) is 13.1. The van der Waals surface area contributed by atoms with Crippen molar-refractivity contribution in [3.05, 3.63) is 168 Å². The topological polar surface area (TPSA) is 8.17 Å². The maximum absolute atomic E-state index is 3.73. The van der Waals surface area contributed by atoms with Crippen molar-refractivity contribution in [3.63, 3.8) is 0 Å². The minimum Gasteiger partial charge on any atom is -0.310 e. The number of rotatable bonds is 5. The van der Waals surface area contributed by atoms with Gasteiger partial charge in [0.15, 0.2) is 0 Å². The van der Waals surface area contributed by atoms with Gasteiger partial charge in [-0.25, -0.2) is 0 Å². The monoisotopic (exact) mass is 670 g/mol. The Morgan fingerprint density at radius 1 is 0.457 bits per heavy atom. The lowest BCUT2D eigenvalue weighted by atomic mass is 10.0. The zero-order valence-corrected chi connectivity index (χ0v) is 27.2. The number of halogens is 1. The van der Waals surface area contributed by atoms with Gasteiger partial charge in [-0.2, -0.15) is 0 Å². The molecule has 0 unspecified atom stereocenters. The molecular formula is C42H27BrN2S. The van der Waals surface area contributed by atoms with Crippen LogP contribution in [-0.2, 0) is 0 Å². The van der Waals surface area contributed by atoms with Gasteiger partial charge in [0.25, 0.3) is 0 Å². The van der Waals surface area contributed by atoms with Crippen LogP contribution >= 0.6 is 27.3 Å². The highest BCUT2D eigenvalue weighted by Crippen LogP contribution is 2.43. The van der Waals surface area contributed by atoms with Gasteiger partial charge in [0.1, 0.15) is 0 Å². The van der Waals surface area contributed by atoms with E-state index in [0.29, 0.717) is 0 Å². The third kappa shape index (κ3) is 4.45. The maximum Gasteiger partial charge on any atom is 0.0555 e. The number of hydrogen-bond donors (Lipinski definition) is 0. The van der Waals surface area contributed by atoms with Crippen LogP contribution in [0.15, 0.2) is 168 Å². The Morgan fingerprint density at radius 3 is 1.91 bits per heavy atom. The number of hydrogen-bond acceptors (Lipinski definition) is 2. The first-order valence-corrected chi connectivity index (χ1v) is 17.0. The van der Waals surface area contributed by atoms with Crippen molar-refractivity contribution >= 4 is 86.3 Å². The molecular weight excluding hydrogens is 644 g/mol. The molecule has 0 spiro atoms. The van der Waals surface area contributed by atoms with Gasteiger partial charge in [-0.3, -0.25) is 0 Å². The fourth-order valence-electron chi connectivity index (χ4n) is 6.73. The van der Waals surface area contributed by atoms with Gasteiger partial charge in [0, 0.05) is 58.2 Å². The van der Waals surface area contributed by atoms with Crippen molar-refractivity contribution < 1.29 is 0 Å². The predicted molar refractivity (Wildman–Crippen MR) is 201 cm³/mol. The molecule has 218 valence electrons. The third-order valence-electron chi connectivity index (χ3n) is 8.84. The molecule has 0 radical (unpaired) electrons. The molecule has 0 bridgehead atoms. The van der Waals surface area contributed by atoms with E-state index in [9.17, 15) is 0 Å². The zero-order chi connectivity index (χ0) is 30.6. The molecule has 9 aromatic rings. The average Bonchev–Trinajstić information content (AvgIpc) is 3.63. The summed E-state index contributed by atoms with van der Waals surface area (Å²) in [6.07, 6.45) is 0. The first kappa shape index (κ1) is 27.2. The van der Waals surface area contributed by atoms with E-state index in [1.807, 2.05) is 11.3 Å². The Hall–Kier alpha value is -5.16. The maximum atomic E-state index is 3.73. The molecule has 0 aliphatic carbocycles.